The smallest absolute Gasteiger partial charge is 0.124 e. The van der Waals surface area contributed by atoms with Crippen LogP contribution in [0.4, 0.5) is 0 Å². The van der Waals surface area contributed by atoms with E-state index in [-0.39, 0.29) is 18.8 Å². The molecule has 0 radical (unpaired) electrons. The fourth-order valence-electron chi connectivity index (χ4n) is 4.86. The Kier molecular flexibility index (Phi) is 11.3. The van der Waals surface area contributed by atoms with Crippen molar-refractivity contribution >= 4 is 0 Å². The van der Waals surface area contributed by atoms with Gasteiger partial charge in [-0.05, 0) is 31.9 Å². The van der Waals surface area contributed by atoms with Crippen LogP contribution in [0.3, 0.4) is 0 Å². The predicted octanol–water partition coefficient (Wildman–Crippen LogP) is 3.53. The first kappa shape index (κ1) is 29.8. The number of nitrogens with zero attached hydrogens (tertiary/aromatic N) is 2. The lowest BCUT2D eigenvalue weighted by Gasteiger charge is -2.29. The molecule has 0 bridgehead atoms. The summed E-state index contributed by atoms with van der Waals surface area (Å²) >= 11 is 0. The molecular weight excluding hydrogens is 480 g/mol. The summed E-state index contributed by atoms with van der Waals surface area (Å²) in [5.41, 5.74) is 3.93. The molecule has 7 heteroatoms. The average molecular weight is 523 g/mol. The summed E-state index contributed by atoms with van der Waals surface area (Å²) in [6.45, 7) is 7.33. The Morgan fingerprint density at radius 2 is 0.974 bits per heavy atom. The highest BCUT2D eigenvalue weighted by molar-refractivity contribution is 5.43. The fraction of sp³-hybridized carbons (Fsp3) is 0.419. The molecule has 0 spiro atoms. The van der Waals surface area contributed by atoms with Gasteiger partial charge in [-0.2, -0.15) is 0 Å². The van der Waals surface area contributed by atoms with E-state index >= 15 is 0 Å². The van der Waals surface area contributed by atoms with Crippen LogP contribution in [-0.2, 0) is 13.1 Å². The Labute approximate surface area is 226 Å². The second-order valence-corrected chi connectivity index (χ2v) is 10.4. The Morgan fingerprint density at radius 3 is 1.34 bits per heavy atom. The number of hydrogen-bond acceptors (Lipinski definition) is 7. The maximum absolute atomic E-state index is 11.3. The lowest BCUT2D eigenvalue weighted by Crippen LogP contribution is -2.36. The maximum Gasteiger partial charge on any atom is 0.124 e. The second kappa shape index (κ2) is 14.4. The number of aromatic hydroxyl groups is 1. The van der Waals surface area contributed by atoms with Crippen molar-refractivity contribution in [1.82, 2.24) is 9.80 Å². The summed E-state index contributed by atoms with van der Waals surface area (Å²) in [5.74, 6) is 0.144. The van der Waals surface area contributed by atoms with Crippen LogP contribution in [0.15, 0.2) is 72.8 Å². The summed E-state index contributed by atoms with van der Waals surface area (Å²) in [7, 11) is 0. The minimum Gasteiger partial charge on any atom is -0.507 e. The van der Waals surface area contributed by atoms with Crippen LogP contribution in [0.2, 0.25) is 0 Å². The number of benzene rings is 3. The van der Waals surface area contributed by atoms with Crippen LogP contribution in [-0.4, -0.2) is 73.7 Å². The first-order chi connectivity index (χ1) is 18.1. The van der Waals surface area contributed by atoms with Gasteiger partial charge in [0.25, 0.3) is 0 Å². The van der Waals surface area contributed by atoms with Gasteiger partial charge in [0.2, 0.25) is 0 Å². The fourth-order valence-corrected chi connectivity index (χ4v) is 4.86. The van der Waals surface area contributed by atoms with Crippen molar-refractivity contribution in [2.75, 3.05) is 26.2 Å². The van der Waals surface area contributed by atoms with Gasteiger partial charge in [-0.15, -0.1) is 0 Å². The quantitative estimate of drug-likeness (QED) is 0.220. The van der Waals surface area contributed by atoms with Crippen molar-refractivity contribution in [3.05, 3.63) is 101 Å². The standard InChI is InChI=1S/C31H42N2O5/c1-22-14-27(18-32(16-23(2)34)17-24(3)35)31(38)28(15-22)19-33(20-29(36)25-10-6-4-7-11-25)21-30(37)26-12-8-5-9-13-26/h4-15,23-24,29-30,34-38H,16-21H2,1-3H3/t23-,24-,29+,30+/m1/s1. The number of hydrogen-bond donors (Lipinski definition) is 5. The molecule has 206 valence electrons. The van der Waals surface area contributed by atoms with E-state index in [1.54, 1.807) is 13.8 Å². The van der Waals surface area contributed by atoms with E-state index < -0.39 is 24.4 Å². The molecule has 0 fully saturated rings. The highest BCUT2D eigenvalue weighted by Crippen LogP contribution is 2.29. The van der Waals surface area contributed by atoms with E-state index in [4.69, 9.17) is 0 Å². The topological polar surface area (TPSA) is 108 Å². The number of aliphatic hydroxyl groups excluding tert-OH is 4. The Hall–Kier alpha value is -2.78. The van der Waals surface area contributed by atoms with E-state index in [2.05, 4.69) is 0 Å². The Balaban J connectivity index is 1.86. The van der Waals surface area contributed by atoms with Crippen LogP contribution >= 0.6 is 0 Å². The van der Waals surface area contributed by atoms with Gasteiger partial charge in [-0.1, -0.05) is 78.4 Å². The molecule has 3 aromatic carbocycles. The van der Waals surface area contributed by atoms with Crippen LogP contribution in [0.25, 0.3) is 0 Å². The molecular formula is C31H42N2O5. The van der Waals surface area contributed by atoms with Crippen molar-refractivity contribution in [3.8, 4) is 5.75 Å². The zero-order chi connectivity index (χ0) is 27.7. The van der Waals surface area contributed by atoms with Crippen molar-refractivity contribution < 1.29 is 25.5 Å². The zero-order valence-electron chi connectivity index (χ0n) is 22.6. The van der Waals surface area contributed by atoms with Gasteiger partial charge in [0.05, 0.1) is 24.4 Å². The van der Waals surface area contributed by atoms with E-state index in [1.165, 1.54) is 0 Å². The first-order valence-electron chi connectivity index (χ1n) is 13.2. The largest absolute Gasteiger partial charge is 0.507 e. The summed E-state index contributed by atoms with van der Waals surface area (Å²) in [4.78, 5) is 3.88. The van der Waals surface area contributed by atoms with Crippen molar-refractivity contribution in [3.63, 3.8) is 0 Å². The molecule has 0 unspecified atom stereocenters. The normalized spacial score (nSPS) is 15.0. The van der Waals surface area contributed by atoms with Gasteiger partial charge in [0.1, 0.15) is 5.75 Å². The van der Waals surface area contributed by atoms with Crippen molar-refractivity contribution in [2.24, 2.45) is 0 Å². The second-order valence-electron chi connectivity index (χ2n) is 10.4. The van der Waals surface area contributed by atoms with Crippen LogP contribution in [0.1, 0.15) is 53.9 Å². The first-order valence-corrected chi connectivity index (χ1v) is 13.2. The number of aliphatic hydroxyl groups is 4. The van der Waals surface area contributed by atoms with Gasteiger partial charge < -0.3 is 25.5 Å². The third kappa shape index (κ3) is 9.20. The van der Waals surface area contributed by atoms with Gasteiger partial charge in [-0.3, -0.25) is 9.80 Å². The van der Waals surface area contributed by atoms with Gasteiger partial charge in [-0.25, -0.2) is 0 Å². The molecule has 4 atom stereocenters. The minimum atomic E-state index is -0.766. The maximum atomic E-state index is 11.3. The van der Waals surface area contributed by atoms with E-state index in [9.17, 15) is 25.5 Å². The highest BCUT2D eigenvalue weighted by Gasteiger charge is 2.22. The van der Waals surface area contributed by atoms with Crippen molar-refractivity contribution in [2.45, 2.75) is 58.3 Å². The molecule has 38 heavy (non-hydrogen) atoms. The summed E-state index contributed by atoms with van der Waals surface area (Å²) in [6, 6.07) is 22.7. The average Bonchev–Trinajstić information content (AvgIpc) is 2.87. The number of rotatable bonds is 14. The lowest BCUT2D eigenvalue weighted by molar-refractivity contribution is 0.0641. The summed E-state index contributed by atoms with van der Waals surface area (Å²) in [5, 5.41) is 53.1. The van der Waals surface area contributed by atoms with Crippen LogP contribution in [0, 0.1) is 6.92 Å². The van der Waals surface area contributed by atoms with E-state index in [1.807, 2.05) is 89.5 Å². The number of phenolic OH excluding ortho intramolecular Hbond substituents is 1. The zero-order valence-corrected chi connectivity index (χ0v) is 22.6. The third-order valence-corrected chi connectivity index (χ3v) is 6.48. The monoisotopic (exact) mass is 522 g/mol. The van der Waals surface area contributed by atoms with E-state index in [0.29, 0.717) is 37.3 Å². The van der Waals surface area contributed by atoms with Gasteiger partial charge in [0.15, 0.2) is 0 Å². The molecule has 0 heterocycles. The minimum absolute atomic E-state index is 0.144. The van der Waals surface area contributed by atoms with E-state index in [0.717, 1.165) is 16.7 Å². The Morgan fingerprint density at radius 1 is 0.605 bits per heavy atom. The number of phenols is 1. The summed E-state index contributed by atoms with van der Waals surface area (Å²) in [6.07, 6.45) is -2.68. The molecule has 0 saturated heterocycles. The third-order valence-electron chi connectivity index (χ3n) is 6.48. The molecule has 0 aliphatic rings. The molecule has 0 aliphatic carbocycles. The SMILES string of the molecule is Cc1cc(CN(C[C@@H](C)O)C[C@@H](C)O)c(O)c(CN(C[C@H](O)c2ccccc2)C[C@H](O)c2ccccc2)c1. The highest BCUT2D eigenvalue weighted by atomic mass is 16.3. The molecule has 7 nitrogen and oxygen atoms in total. The molecule has 0 aliphatic heterocycles. The van der Waals surface area contributed by atoms with Crippen LogP contribution < -0.4 is 0 Å². The number of aryl methyl sites for hydroxylation is 1. The molecule has 0 aromatic heterocycles. The summed E-state index contributed by atoms with van der Waals surface area (Å²) < 4.78 is 0. The molecule has 0 amide bonds. The molecule has 0 saturated carbocycles. The van der Waals surface area contributed by atoms with Crippen LogP contribution in [0.5, 0.6) is 5.75 Å². The molecule has 5 N–H and O–H groups in total. The van der Waals surface area contributed by atoms with Crippen molar-refractivity contribution in [1.29, 1.82) is 0 Å². The predicted molar refractivity (Wildman–Crippen MR) is 150 cm³/mol. The molecule has 3 rings (SSSR count). The van der Waals surface area contributed by atoms with Gasteiger partial charge in [0, 0.05) is 50.4 Å². The lowest BCUT2D eigenvalue weighted by atomic mass is 10.0. The van der Waals surface area contributed by atoms with Gasteiger partial charge >= 0.3 is 0 Å². The molecule has 3 aromatic rings. The Bertz CT molecular complexity index is 1050.